The van der Waals surface area contributed by atoms with Gasteiger partial charge in [-0.3, -0.25) is 14.2 Å². The van der Waals surface area contributed by atoms with Gasteiger partial charge in [0.05, 0.1) is 27.4 Å². The van der Waals surface area contributed by atoms with E-state index in [0.717, 1.165) is 12.1 Å². The van der Waals surface area contributed by atoms with Crippen LogP contribution in [0.2, 0.25) is 10.0 Å². The molecule has 1 N–H and O–H groups in total. The molecule has 152 valence electrons. The van der Waals surface area contributed by atoms with Crippen molar-refractivity contribution < 1.29 is 18.3 Å². The Balaban J connectivity index is 2.14. The van der Waals surface area contributed by atoms with Gasteiger partial charge >= 0.3 is 0 Å². The van der Waals surface area contributed by atoms with Crippen LogP contribution in [-0.2, 0) is 17.1 Å². The number of nitrogens with one attached hydrogen (secondary N) is 1. The van der Waals surface area contributed by atoms with Crippen molar-refractivity contribution >= 4 is 44.9 Å². The lowest BCUT2D eigenvalue weighted by Gasteiger charge is -2.12. The van der Waals surface area contributed by atoms with E-state index < -0.39 is 32.0 Å². The summed E-state index contributed by atoms with van der Waals surface area (Å²) < 4.78 is 30.7. The molecule has 0 aliphatic heterocycles. The normalized spacial score (nSPS) is 11.4. The monoisotopic (exact) mass is 454 g/mol. The number of carbonyl (C=O) groups is 1. The lowest BCUT2D eigenvalue weighted by molar-refractivity contribution is -0.255. The van der Waals surface area contributed by atoms with Crippen LogP contribution in [0.3, 0.4) is 0 Å². The van der Waals surface area contributed by atoms with Gasteiger partial charge in [0.15, 0.2) is 0 Å². The van der Waals surface area contributed by atoms with Gasteiger partial charge in [0.25, 0.3) is 15.6 Å². The number of halogens is 2. The molecule has 8 nitrogen and oxygen atoms in total. The Kier molecular flexibility index (Phi) is 5.48. The highest BCUT2D eigenvalue weighted by atomic mass is 35.5. The predicted octanol–water partition coefficient (Wildman–Crippen LogP) is 1.96. The molecule has 0 atom stereocenters. The van der Waals surface area contributed by atoms with Gasteiger partial charge in [-0.2, -0.15) is 0 Å². The second kappa shape index (κ2) is 7.58. The van der Waals surface area contributed by atoms with Gasteiger partial charge in [0.2, 0.25) is 0 Å². The second-order valence-electron chi connectivity index (χ2n) is 6.10. The van der Waals surface area contributed by atoms with Crippen LogP contribution in [-0.4, -0.2) is 23.8 Å². The first-order chi connectivity index (χ1) is 13.5. The molecule has 0 spiro atoms. The lowest BCUT2D eigenvalue weighted by Crippen LogP contribution is -2.25. The predicted molar refractivity (Wildman–Crippen MR) is 107 cm³/mol. The molecular formula is C18H14Cl2N3O5S-. The summed E-state index contributed by atoms with van der Waals surface area (Å²) in [5.74, 6) is -1.62. The van der Waals surface area contributed by atoms with Crippen LogP contribution >= 0.6 is 23.2 Å². The Hall–Kier alpha value is -2.75. The Morgan fingerprint density at radius 1 is 1.14 bits per heavy atom. The standard InChI is InChI=1S/C18H15Cl2N3O5S/c1-10-16(17(24)23(22(10)2)12-6-4-3-5-7-12)21-29(27,28)14-9-11(18(25)26)8-13(19)15(14)20/h3-9,21H,1-2H3,(H,25,26)/p-1. The maximum absolute atomic E-state index is 12.9. The zero-order chi connectivity index (χ0) is 21.5. The Labute approximate surface area is 175 Å². The van der Waals surface area contributed by atoms with E-state index >= 15 is 0 Å². The average molecular weight is 455 g/mol. The maximum atomic E-state index is 12.9. The first kappa shape index (κ1) is 21.0. The van der Waals surface area contributed by atoms with Crippen LogP contribution in [0.25, 0.3) is 5.69 Å². The number of aromatic nitrogens is 2. The van der Waals surface area contributed by atoms with Crippen molar-refractivity contribution in [1.29, 1.82) is 0 Å². The molecule has 0 radical (unpaired) electrons. The molecule has 0 saturated carbocycles. The number of aromatic carboxylic acids is 1. The summed E-state index contributed by atoms with van der Waals surface area (Å²) in [5.41, 5.74) is -0.416. The minimum Gasteiger partial charge on any atom is -0.545 e. The highest BCUT2D eigenvalue weighted by Gasteiger charge is 2.26. The topological polar surface area (TPSA) is 113 Å². The van der Waals surface area contributed by atoms with E-state index in [4.69, 9.17) is 23.2 Å². The Morgan fingerprint density at radius 3 is 2.34 bits per heavy atom. The summed E-state index contributed by atoms with van der Waals surface area (Å²) in [4.78, 5) is 23.4. The molecule has 0 bridgehead atoms. The third-order valence-electron chi connectivity index (χ3n) is 4.31. The van der Waals surface area contributed by atoms with Gasteiger partial charge in [0.1, 0.15) is 10.6 Å². The van der Waals surface area contributed by atoms with E-state index in [1.165, 1.54) is 9.36 Å². The zero-order valence-electron chi connectivity index (χ0n) is 15.1. The van der Waals surface area contributed by atoms with Crippen molar-refractivity contribution in [2.45, 2.75) is 11.8 Å². The molecule has 11 heteroatoms. The number of para-hydroxylation sites is 1. The Morgan fingerprint density at radius 2 is 1.76 bits per heavy atom. The molecule has 0 aliphatic carbocycles. The van der Waals surface area contributed by atoms with E-state index in [1.54, 1.807) is 44.3 Å². The highest BCUT2D eigenvalue weighted by Crippen LogP contribution is 2.32. The molecule has 0 unspecified atom stereocenters. The van der Waals surface area contributed by atoms with Crippen molar-refractivity contribution in [2.75, 3.05) is 4.72 Å². The van der Waals surface area contributed by atoms with E-state index in [1.807, 2.05) is 0 Å². The van der Waals surface area contributed by atoms with Crippen LogP contribution in [0.5, 0.6) is 0 Å². The average Bonchev–Trinajstić information content (AvgIpc) is 2.87. The summed E-state index contributed by atoms with van der Waals surface area (Å²) in [6, 6.07) is 10.4. The smallest absolute Gasteiger partial charge is 0.296 e. The maximum Gasteiger partial charge on any atom is 0.296 e. The number of carboxylic acids is 1. The van der Waals surface area contributed by atoms with Gasteiger partial charge in [-0.15, -0.1) is 0 Å². The molecule has 0 fully saturated rings. The largest absolute Gasteiger partial charge is 0.545 e. The van der Waals surface area contributed by atoms with Crippen LogP contribution < -0.4 is 15.4 Å². The molecule has 0 aliphatic rings. The van der Waals surface area contributed by atoms with Crippen molar-refractivity contribution in [3.8, 4) is 5.69 Å². The van der Waals surface area contributed by atoms with Crippen molar-refractivity contribution in [3.05, 3.63) is 74.1 Å². The lowest BCUT2D eigenvalue weighted by atomic mass is 10.2. The first-order valence-electron chi connectivity index (χ1n) is 8.12. The van der Waals surface area contributed by atoms with Crippen LogP contribution in [0.4, 0.5) is 5.69 Å². The molecule has 2 aromatic carbocycles. The fraction of sp³-hybridized carbons (Fsp3) is 0.111. The fourth-order valence-electron chi connectivity index (χ4n) is 2.75. The number of benzene rings is 2. The van der Waals surface area contributed by atoms with E-state index in [-0.39, 0.29) is 15.7 Å². The van der Waals surface area contributed by atoms with Crippen LogP contribution in [0, 0.1) is 6.92 Å². The van der Waals surface area contributed by atoms with E-state index in [0.29, 0.717) is 11.4 Å². The summed E-state index contributed by atoms with van der Waals surface area (Å²) in [6.07, 6.45) is 0. The number of anilines is 1. The summed E-state index contributed by atoms with van der Waals surface area (Å²) >= 11 is 11.8. The summed E-state index contributed by atoms with van der Waals surface area (Å²) in [7, 11) is -2.84. The molecule has 1 aromatic heterocycles. The number of nitrogens with zero attached hydrogens (tertiary/aromatic N) is 2. The molecule has 3 rings (SSSR count). The van der Waals surface area contributed by atoms with Gasteiger partial charge in [-0.05, 0) is 31.2 Å². The van der Waals surface area contributed by atoms with Gasteiger partial charge in [-0.25, -0.2) is 13.1 Å². The number of rotatable bonds is 5. The van der Waals surface area contributed by atoms with Gasteiger partial charge < -0.3 is 9.90 Å². The summed E-state index contributed by atoms with van der Waals surface area (Å²) in [6.45, 7) is 1.56. The fourth-order valence-corrected chi connectivity index (χ4v) is 4.68. The molecule has 1 heterocycles. The highest BCUT2D eigenvalue weighted by molar-refractivity contribution is 7.92. The van der Waals surface area contributed by atoms with Gasteiger partial charge in [-0.1, -0.05) is 41.4 Å². The van der Waals surface area contributed by atoms with Crippen LogP contribution in [0.15, 0.2) is 52.2 Å². The molecule has 0 saturated heterocycles. The van der Waals surface area contributed by atoms with Crippen molar-refractivity contribution in [1.82, 2.24) is 9.36 Å². The third kappa shape index (κ3) is 3.76. The molecule has 3 aromatic rings. The molecular weight excluding hydrogens is 441 g/mol. The number of carboxylic acid groups (broad SMARTS) is 1. The quantitative estimate of drug-likeness (QED) is 0.632. The number of hydrogen-bond acceptors (Lipinski definition) is 5. The molecule has 29 heavy (non-hydrogen) atoms. The minimum atomic E-state index is -4.44. The summed E-state index contributed by atoms with van der Waals surface area (Å²) in [5, 5.41) is 10.5. The van der Waals surface area contributed by atoms with Gasteiger partial charge in [0, 0.05) is 12.6 Å². The second-order valence-corrected chi connectivity index (χ2v) is 8.54. The third-order valence-corrected chi connectivity index (χ3v) is 6.60. The minimum absolute atomic E-state index is 0.206. The molecule has 0 amide bonds. The van der Waals surface area contributed by atoms with Crippen molar-refractivity contribution in [3.63, 3.8) is 0 Å². The zero-order valence-corrected chi connectivity index (χ0v) is 17.5. The van der Waals surface area contributed by atoms with E-state index in [2.05, 4.69) is 4.72 Å². The SMILES string of the molecule is Cc1c(NS(=O)(=O)c2cc(C(=O)[O-])cc(Cl)c2Cl)c(=O)n(-c2ccccc2)n1C. The Bertz CT molecular complexity index is 1280. The van der Waals surface area contributed by atoms with Crippen molar-refractivity contribution in [2.24, 2.45) is 7.05 Å². The first-order valence-corrected chi connectivity index (χ1v) is 10.4. The number of sulfonamides is 1. The van der Waals surface area contributed by atoms with Crippen LogP contribution in [0.1, 0.15) is 16.1 Å². The number of carbonyl (C=O) groups excluding carboxylic acids is 1. The number of hydrogen-bond donors (Lipinski definition) is 1. The van der Waals surface area contributed by atoms with E-state index in [9.17, 15) is 23.1 Å².